The quantitative estimate of drug-likeness (QED) is 0.299. The molecule has 1 aromatic carbocycles. The van der Waals surface area contributed by atoms with E-state index >= 15 is 0 Å². The summed E-state index contributed by atoms with van der Waals surface area (Å²) >= 11 is 0. The smallest absolute Gasteiger partial charge is 0.200 e. The van der Waals surface area contributed by atoms with Gasteiger partial charge in [-0.1, -0.05) is 52.0 Å². The summed E-state index contributed by atoms with van der Waals surface area (Å²) < 4.78 is 34.5. The van der Waals surface area contributed by atoms with E-state index in [1.54, 1.807) is 12.1 Å². The van der Waals surface area contributed by atoms with Gasteiger partial charge in [-0.3, -0.25) is 0 Å². The Kier molecular flexibility index (Phi) is 9.11. The van der Waals surface area contributed by atoms with Crippen LogP contribution < -0.4 is 4.74 Å². The van der Waals surface area contributed by atoms with Crippen LogP contribution in [0.25, 0.3) is 0 Å². The molecule has 3 aliphatic rings. The van der Waals surface area contributed by atoms with Crippen LogP contribution in [-0.4, -0.2) is 6.61 Å². The minimum atomic E-state index is -0.802. The minimum absolute atomic E-state index is 0.0566. The first kappa shape index (κ1) is 25.0. The molecule has 4 unspecified atom stereocenters. The highest BCUT2D eigenvalue weighted by atomic mass is 19.2. The average Bonchev–Trinajstić information content (AvgIpc) is 3.42. The molecule has 0 aromatic heterocycles. The topological polar surface area (TPSA) is 9.23 Å². The fourth-order valence-electron chi connectivity index (χ4n) is 7.61. The van der Waals surface area contributed by atoms with Crippen LogP contribution in [0.15, 0.2) is 12.1 Å². The molecule has 1 aromatic rings. The molecule has 3 aliphatic carbocycles. The summed E-state index contributed by atoms with van der Waals surface area (Å²) in [6, 6.07) is 3.40. The van der Waals surface area contributed by atoms with E-state index in [9.17, 15) is 8.78 Å². The van der Waals surface area contributed by atoms with Crippen LogP contribution in [0.5, 0.6) is 5.75 Å². The van der Waals surface area contributed by atoms with Gasteiger partial charge in [-0.15, -0.1) is 0 Å². The van der Waals surface area contributed by atoms with Gasteiger partial charge in [0.05, 0.1) is 6.61 Å². The number of rotatable bonds is 11. The molecule has 0 spiro atoms. The van der Waals surface area contributed by atoms with Crippen molar-refractivity contribution in [3.8, 4) is 5.75 Å². The van der Waals surface area contributed by atoms with Gasteiger partial charge in [-0.05, 0) is 111 Å². The van der Waals surface area contributed by atoms with Crippen molar-refractivity contribution in [2.24, 2.45) is 29.6 Å². The molecule has 3 fully saturated rings. The fourth-order valence-corrected chi connectivity index (χ4v) is 7.61. The summed E-state index contributed by atoms with van der Waals surface area (Å²) in [5.74, 6) is 3.54. The Morgan fingerprint density at radius 2 is 1.42 bits per heavy atom. The lowest BCUT2D eigenvalue weighted by Crippen LogP contribution is -2.17. The monoisotopic (exact) mass is 460 g/mol. The number of halogens is 2. The van der Waals surface area contributed by atoms with Gasteiger partial charge < -0.3 is 4.74 Å². The van der Waals surface area contributed by atoms with Gasteiger partial charge in [-0.2, -0.15) is 4.39 Å². The lowest BCUT2D eigenvalue weighted by Gasteiger charge is -2.30. The zero-order valence-corrected chi connectivity index (χ0v) is 21.1. The standard InChI is InChI=1S/C30H46F2O/c1-3-5-6-7-22-14-16-26-23(15-17-25(22)26)11-8-21-9-12-24(13-10-21)27-18-19-28(33-20-4-2)30(32)29(27)31/h18-19,21-26H,3-17,20H2,1-2H3. The first-order valence-electron chi connectivity index (χ1n) is 14.2. The van der Waals surface area contributed by atoms with Crippen molar-refractivity contribution in [1.29, 1.82) is 0 Å². The first-order valence-corrected chi connectivity index (χ1v) is 14.2. The molecule has 3 heteroatoms. The second-order valence-electron chi connectivity index (χ2n) is 11.4. The average molecular weight is 461 g/mol. The Morgan fingerprint density at radius 3 is 2.09 bits per heavy atom. The predicted molar refractivity (Wildman–Crippen MR) is 133 cm³/mol. The Balaban J connectivity index is 1.22. The van der Waals surface area contributed by atoms with Crippen LogP contribution in [0.2, 0.25) is 0 Å². The molecular formula is C30H46F2O. The molecule has 4 atom stereocenters. The van der Waals surface area contributed by atoms with Crippen molar-refractivity contribution < 1.29 is 13.5 Å². The first-order chi connectivity index (χ1) is 16.1. The van der Waals surface area contributed by atoms with Crippen LogP contribution in [0.3, 0.4) is 0 Å². The van der Waals surface area contributed by atoms with Gasteiger partial charge >= 0.3 is 0 Å². The van der Waals surface area contributed by atoms with E-state index < -0.39 is 11.6 Å². The van der Waals surface area contributed by atoms with Crippen molar-refractivity contribution in [3.05, 3.63) is 29.3 Å². The van der Waals surface area contributed by atoms with E-state index in [4.69, 9.17) is 4.74 Å². The summed E-state index contributed by atoms with van der Waals surface area (Å²) in [7, 11) is 0. The molecule has 4 rings (SSSR count). The van der Waals surface area contributed by atoms with Crippen molar-refractivity contribution in [2.75, 3.05) is 6.61 Å². The minimum Gasteiger partial charge on any atom is -0.490 e. The van der Waals surface area contributed by atoms with E-state index in [-0.39, 0.29) is 11.7 Å². The maximum atomic E-state index is 14.7. The lowest BCUT2D eigenvalue weighted by molar-refractivity contribution is 0.249. The van der Waals surface area contributed by atoms with Crippen molar-refractivity contribution in [1.82, 2.24) is 0 Å². The van der Waals surface area contributed by atoms with E-state index in [1.165, 1.54) is 77.0 Å². The maximum Gasteiger partial charge on any atom is 0.200 e. The molecule has 0 amide bonds. The number of hydrogen-bond acceptors (Lipinski definition) is 1. The van der Waals surface area contributed by atoms with E-state index in [1.807, 2.05) is 6.92 Å². The van der Waals surface area contributed by atoms with Crippen LogP contribution in [0.4, 0.5) is 8.78 Å². The van der Waals surface area contributed by atoms with Crippen LogP contribution in [0, 0.1) is 41.2 Å². The van der Waals surface area contributed by atoms with Gasteiger partial charge in [-0.25, -0.2) is 4.39 Å². The third-order valence-corrected chi connectivity index (χ3v) is 9.45. The van der Waals surface area contributed by atoms with Crippen molar-refractivity contribution in [3.63, 3.8) is 0 Å². The maximum absolute atomic E-state index is 14.7. The van der Waals surface area contributed by atoms with Crippen molar-refractivity contribution >= 4 is 0 Å². The molecule has 0 heterocycles. The summed E-state index contributed by atoms with van der Waals surface area (Å²) in [6.07, 6.45) is 19.5. The Bertz CT molecular complexity index is 739. The highest BCUT2D eigenvalue weighted by Gasteiger charge is 2.44. The predicted octanol–water partition coefficient (Wildman–Crippen LogP) is 9.44. The molecule has 0 radical (unpaired) electrons. The second kappa shape index (κ2) is 12.0. The van der Waals surface area contributed by atoms with Gasteiger partial charge in [0, 0.05) is 0 Å². The Hall–Kier alpha value is -1.12. The zero-order chi connectivity index (χ0) is 23.2. The van der Waals surface area contributed by atoms with E-state index in [0.717, 1.165) is 48.9 Å². The summed E-state index contributed by atoms with van der Waals surface area (Å²) in [5.41, 5.74) is 0.563. The number of unbranched alkanes of at least 4 members (excludes halogenated alkanes) is 2. The third kappa shape index (κ3) is 5.93. The van der Waals surface area contributed by atoms with Gasteiger partial charge in [0.2, 0.25) is 5.82 Å². The van der Waals surface area contributed by atoms with E-state index in [0.29, 0.717) is 12.2 Å². The van der Waals surface area contributed by atoms with Gasteiger partial charge in [0.15, 0.2) is 11.6 Å². The number of benzene rings is 1. The SMILES string of the molecule is CCCCCC1CCC2C(CCC3CCC(c4ccc(OCCC)c(F)c4F)CC3)CCC12. The normalized spacial score (nSPS) is 31.6. The zero-order valence-electron chi connectivity index (χ0n) is 21.1. The molecule has 1 nitrogen and oxygen atoms in total. The van der Waals surface area contributed by atoms with Crippen LogP contribution >= 0.6 is 0 Å². The summed E-state index contributed by atoms with van der Waals surface area (Å²) in [6.45, 7) is 4.69. The molecule has 33 heavy (non-hydrogen) atoms. The van der Waals surface area contributed by atoms with Gasteiger partial charge in [0.1, 0.15) is 0 Å². The largest absolute Gasteiger partial charge is 0.490 e. The molecule has 0 aliphatic heterocycles. The highest BCUT2D eigenvalue weighted by Crippen LogP contribution is 2.54. The second-order valence-corrected chi connectivity index (χ2v) is 11.4. The fraction of sp³-hybridized carbons (Fsp3) is 0.800. The Morgan fingerprint density at radius 1 is 0.727 bits per heavy atom. The number of fused-ring (bicyclic) bond motifs is 1. The molecule has 0 saturated heterocycles. The van der Waals surface area contributed by atoms with Crippen molar-refractivity contribution in [2.45, 2.75) is 116 Å². The molecule has 186 valence electrons. The summed E-state index contributed by atoms with van der Waals surface area (Å²) in [4.78, 5) is 0. The van der Waals surface area contributed by atoms with Crippen LogP contribution in [-0.2, 0) is 0 Å². The third-order valence-electron chi connectivity index (χ3n) is 9.45. The van der Waals surface area contributed by atoms with Gasteiger partial charge in [0.25, 0.3) is 0 Å². The van der Waals surface area contributed by atoms with E-state index in [2.05, 4.69) is 6.92 Å². The lowest BCUT2D eigenvalue weighted by atomic mass is 9.75. The number of ether oxygens (including phenoxy) is 1. The molecule has 0 bridgehead atoms. The Labute approximate surface area is 201 Å². The molecular weight excluding hydrogens is 414 g/mol. The highest BCUT2D eigenvalue weighted by molar-refractivity contribution is 5.33. The molecule has 0 N–H and O–H groups in total. The molecule has 3 saturated carbocycles. The van der Waals surface area contributed by atoms with Crippen LogP contribution in [0.1, 0.15) is 122 Å². The summed E-state index contributed by atoms with van der Waals surface area (Å²) in [5, 5.41) is 0. The number of hydrogen-bond donors (Lipinski definition) is 0.